The number of piperidine rings is 1. The van der Waals surface area contributed by atoms with Crippen molar-refractivity contribution in [2.75, 3.05) is 13.1 Å². The number of H-pyrrole nitrogens is 1. The van der Waals surface area contributed by atoms with Crippen LogP contribution in [0.5, 0.6) is 0 Å². The standard InChI is InChI=1S/C18H24N6O2/c25-17-14-16(19-15(20-17)11-5-6-11)24(22-21-14)13-7-9-23(10-8-13)18(26)12-3-1-2-4-12/h11-13H,1-10H2,(H,19,20,25). The molecule has 0 radical (unpaired) electrons. The summed E-state index contributed by atoms with van der Waals surface area (Å²) in [6.45, 7) is 1.50. The predicted molar refractivity (Wildman–Crippen MR) is 94.7 cm³/mol. The average molecular weight is 356 g/mol. The van der Waals surface area contributed by atoms with Crippen LogP contribution in [-0.2, 0) is 4.79 Å². The molecule has 0 atom stereocenters. The van der Waals surface area contributed by atoms with E-state index in [1.54, 1.807) is 0 Å². The maximum absolute atomic E-state index is 12.6. The predicted octanol–water partition coefficient (Wildman–Crippen LogP) is 1.75. The Morgan fingerprint density at radius 3 is 2.46 bits per heavy atom. The largest absolute Gasteiger partial charge is 0.342 e. The van der Waals surface area contributed by atoms with Crippen molar-refractivity contribution in [3.63, 3.8) is 0 Å². The van der Waals surface area contributed by atoms with E-state index in [1.807, 2.05) is 9.58 Å². The van der Waals surface area contributed by atoms with Gasteiger partial charge in [0.1, 0.15) is 5.82 Å². The summed E-state index contributed by atoms with van der Waals surface area (Å²) >= 11 is 0. The molecule has 2 aromatic heterocycles. The van der Waals surface area contributed by atoms with Crippen LogP contribution in [0.3, 0.4) is 0 Å². The minimum Gasteiger partial charge on any atom is -0.342 e. The monoisotopic (exact) mass is 356 g/mol. The molecule has 2 saturated carbocycles. The first-order chi connectivity index (χ1) is 12.7. The van der Waals surface area contributed by atoms with Crippen LogP contribution in [0, 0.1) is 5.92 Å². The molecule has 1 saturated heterocycles. The summed E-state index contributed by atoms with van der Waals surface area (Å²) < 4.78 is 1.81. The van der Waals surface area contributed by atoms with Gasteiger partial charge < -0.3 is 9.88 Å². The van der Waals surface area contributed by atoms with Gasteiger partial charge in [0.25, 0.3) is 5.56 Å². The fourth-order valence-electron chi connectivity index (χ4n) is 4.42. The van der Waals surface area contributed by atoms with Crippen LogP contribution in [0.25, 0.3) is 11.2 Å². The summed E-state index contributed by atoms with van der Waals surface area (Å²) in [5.41, 5.74) is 0.715. The van der Waals surface area contributed by atoms with Crippen molar-refractivity contribution in [3.05, 3.63) is 16.2 Å². The van der Waals surface area contributed by atoms with E-state index in [9.17, 15) is 9.59 Å². The Morgan fingerprint density at radius 2 is 1.77 bits per heavy atom. The number of hydrogen-bond acceptors (Lipinski definition) is 5. The van der Waals surface area contributed by atoms with Gasteiger partial charge >= 0.3 is 0 Å². The van der Waals surface area contributed by atoms with Gasteiger partial charge in [0.15, 0.2) is 11.2 Å². The Morgan fingerprint density at radius 1 is 1.04 bits per heavy atom. The van der Waals surface area contributed by atoms with Gasteiger partial charge in [-0.05, 0) is 38.5 Å². The first-order valence-corrected chi connectivity index (χ1v) is 9.84. The lowest BCUT2D eigenvalue weighted by atomic mass is 10.0. The third-order valence-electron chi connectivity index (χ3n) is 6.14. The highest BCUT2D eigenvalue weighted by Crippen LogP contribution is 2.38. The third kappa shape index (κ3) is 2.71. The number of amides is 1. The molecule has 3 aliphatic rings. The van der Waals surface area contributed by atoms with E-state index >= 15 is 0 Å². The SMILES string of the molecule is O=C(C1CCCC1)N1CCC(n2nnc3c(=O)[nH]c(C4CC4)nc32)CC1. The zero-order valence-corrected chi connectivity index (χ0v) is 14.9. The van der Waals surface area contributed by atoms with Gasteiger partial charge in [0, 0.05) is 24.9 Å². The van der Waals surface area contributed by atoms with Crippen molar-refractivity contribution in [1.29, 1.82) is 0 Å². The summed E-state index contributed by atoms with van der Waals surface area (Å²) in [5, 5.41) is 8.29. The minimum atomic E-state index is -0.197. The van der Waals surface area contributed by atoms with Gasteiger partial charge in [-0.3, -0.25) is 9.59 Å². The van der Waals surface area contributed by atoms with E-state index in [1.165, 1.54) is 12.8 Å². The molecule has 1 amide bonds. The quantitative estimate of drug-likeness (QED) is 0.904. The van der Waals surface area contributed by atoms with Gasteiger partial charge in [-0.2, -0.15) is 0 Å². The third-order valence-corrected chi connectivity index (χ3v) is 6.14. The Hall–Kier alpha value is -2.25. The van der Waals surface area contributed by atoms with Gasteiger partial charge in [0.2, 0.25) is 5.91 Å². The summed E-state index contributed by atoms with van der Waals surface area (Å²) in [4.78, 5) is 34.4. The number of carbonyl (C=O) groups excluding carboxylic acids is 1. The van der Waals surface area contributed by atoms with E-state index in [-0.39, 0.29) is 17.5 Å². The van der Waals surface area contributed by atoms with E-state index < -0.39 is 0 Å². The number of likely N-dealkylation sites (tertiary alicyclic amines) is 1. The van der Waals surface area contributed by atoms with Crippen molar-refractivity contribution < 1.29 is 4.79 Å². The molecule has 0 spiro atoms. The second-order valence-electron chi connectivity index (χ2n) is 7.97. The Bertz CT molecular complexity index is 885. The van der Waals surface area contributed by atoms with E-state index in [2.05, 4.69) is 20.3 Å². The summed E-state index contributed by atoms with van der Waals surface area (Å²) in [6.07, 6.45) is 8.29. The number of nitrogens with one attached hydrogen (secondary N) is 1. The molecular formula is C18H24N6O2. The molecule has 5 rings (SSSR count). The van der Waals surface area contributed by atoms with Crippen molar-refractivity contribution in [3.8, 4) is 0 Å². The molecule has 3 fully saturated rings. The van der Waals surface area contributed by atoms with E-state index in [0.717, 1.165) is 57.4 Å². The number of aromatic nitrogens is 5. The number of carbonyl (C=O) groups is 1. The fourth-order valence-corrected chi connectivity index (χ4v) is 4.42. The molecule has 1 N–H and O–H groups in total. The highest BCUT2D eigenvalue weighted by Gasteiger charge is 2.32. The lowest BCUT2D eigenvalue weighted by molar-refractivity contribution is -0.136. The number of nitrogens with zero attached hydrogens (tertiary/aromatic N) is 5. The Kier molecular flexibility index (Phi) is 3.79. The molecule has 3 heterocycles. The summed E-state index contributed by atoms with van der Waals surface area (Å²) in [5.74, 6) is 1.70. The fraction of sp³-hybridized carbons (Fsp3) is 0.722. The van der Waals surface area contributed by atoms with Gasteiger partial charge in [-0.25, -0.2) is 9.67 Å². The summed E-state index contributed by atoms with van der Waals surface area (Å²) in [7, 11) is 0. The Labute approximate surface area is 151 Å². The molecule has 1 aliphatic heterocycles. The molecular weight excluding hydrogens is 332 g/mol. The molecule has 2 aromatic rings. The molecule has 8 nitrogen and oxygen atoms in total. The minimum absolute atomic E-state index is 0.147. The zero-order chi connectivity index (χ0) is 17.7. The maximum Gasteiger partial charge on any atom is 0.281 e. The van der Waals surface area contributed by atoms with Crippen LogP contribution in [0.1, 0.15) is 69.2 Å². The second-order valence-corrected chi connectivity index (χ2v) is 7.97. The van der Waals surface area contributed by atoms with Crippen molar-refractivity contribution in [1.82, 2.24) is 29.9 Å². The first-order valence-electron chi connectivity index (χ1n) is 9.84. The number of aromatic amines is 1. The van der Waals surface area contributed by atoms with Crippen molar-refractivity contribution >= 4 is 17.1 Å². The zero-order valence-electron chi connectivity index (χ0n) is 14.9. The molecule has 8 heteroatoms. The molecule has 0 aromatic carbocycles. The smallest absolute Gasteiger partial charge is 0.281 e. The normalized spacial score (nSPS) is 22.4. The van der Waals surface area contributed by atoms with E-state index in [0.29, 0.717) is 23.0 Å². The first kappa shape index (κ1) is 16.0. The number of fused-ring (bicyclic) bond motifs is 1. The molecule has 26 heavy (non-hydrogen) atoms. The van der Waals surface area contributed by atoms with Crippen LogP contribution >= 0.6 is 0 Å². The highest BCUT2D eigenvalue weighted by atomic mass is 16.2. The van der Waals surface area contributed by atoms with Crippen LogP contribution in [0.4, 0.5) is 0 Å². The topological polar surface area (TPSA) is 96.8 Å². The van der Waals surface area contributed by atoms with Crippen molar-refractivity contribution in [2.24, 2.45) is 5.92 Å². The molecule has 2 aliphatic carbocycles. The van der Waals surface area contributed by atoms with Gasteiger partial charge in [-0.1, -0.05) is 18.1 Å². The summed E-state index contributed by atoms with van der Waals surface area (Å²) in [6, 6.07) is 0.147. The molecule has 0 bridgehead atoms. The molecule has 0 unspecified atom stereocenters. The average Bonchev–Trinajstić information content (AvgIpc) is 3.19. The lowest BCUT2D eigenvalue weighted by Gasteiger charge is -2.33. The van der Waals surface area contributed by atoms with Crippen LogP contribution in [0.2, 0.25) is 0 Å². The van der Waals surface area contributed by atoms with Crippen molar-refractivity contribution in [2.45, 2.75) is 63.3 Å². The highest BCUT2D eigenvalue weighted by molar-refractivity contribution is 5.79. The van der Waals surface area contributed by atoms with Gasteiger partial charge in [-0.15, -0.1) is 5.10 Å². The lowest BCUT2D eigenvalue weighted by Crippen LogP contribution is -2.41. The number of rotatable bonds is 3. The van der Waals surface area contributed by atoms with Crippen LogP contribution in [-0.4, -0.2) is 48.9 Å². The Balaban J connectivity index is 1.35. The van der Waals surface area contributed by atoms with E-state index in [4.69, 9.17) is 0 Å². The van der Waals surface area contributed by atoms with Crippen LogP contribution in [0.15, 0.2) is 4.79 Å². The molecule has 138 valence electrons. The van der Waals surface area contributed by atoms with Gasteiger partial charge in [0.05, 0.1) is 6.04 Å². The maximum atomic E-state index is 12.6. The second kappa shape index (κ2) is 6.17. The number of hydrogen-bond donors (Lipinski definition) is 1. The van der Waals surface area contributed by atoms with Crippen LogP contribution < -0.4 is 5.56 Å².